The van der Waals surface area contributed by atoms with Gasteiger partial charge in [0.1, 0.15) is 0 Å². The second-order valence-electron chi connectivity index (χ2n) is 6.55. The Kier molecular flexibility index (Phi) is 4.44. The standard InChI is InChI=1S/C17H24N2O3/c1-11-5-6-14(9-12(11)2)13(3)18-16(22)19-8-7-17(4,10-19)15(20)21/h5-6,9,13H,7-8,10H2,1-4H3,(H,18,22)(H,20,21). The molecule has 2 unspecified atom stereocenters. The maximum absolute atomic E-state index is 12.3. The number of urea groups is 1. The summed E-state index contributed by atoms with van der Waals surface area (Å²) < 4.78 is 0. The summed E-state index contributed by atoms with van der Waals surface area (Å²) in [7, 11) is 0. The number of likely N-dealkylation sites (tertiary alicyclic amines) is 1. The summed E-state index contributed by atoms with van der Waals surface area (Å²) in [4.78, 5) is 25.1. The van der Waals surface area contributed by atoms with Gasteiger partial charge in [0, 0.05) is 13.1 Å². The molecule has 22 heavy (non-hydrogen) atoms. The summed E-state index contributed by atoms with van der Waals surface area (Å²) in [5, 5.41) is 12.2. The molecule has 0 bridgehead atoms. The number of aliphatic carboxylic acids is 1. The van der Waals surface area contributed by atoms with E-state index in [2.05, 4.69) is 18.3 Å². The molecule has 1 aromatic rings. The van der Waals surface area contributed by atoms with Gasteiger partial charge in [0.15, 0.2) is 0 Å². The van der Waals surface area contributed by atoms with Crippen molar-refractivity contribution in [3.05, 3.63) is 34.9 Å². The van der Waals surface area contributed by atoms with E-state index in [0.717, 1.165) is 5.56 Å². The van der Waals surface area contributed by atoms with Crippen molar-refractivity contribution >= 4 is 12.0 Å². The van der Waals surface area contributed by atoms with Crippen LogP contribution < -0.4 is 5.32 Å². The van der Waals surface area contributed by atoms with Crippen LogP contribution in [0.1, 0.15) is 43.0 Å². The van der Waals surface area contributed by atoms with Crippen LogP contribution >= 0.6 is 0 Å². The summed E-state index contributed by atoms with van der Waals surface area (Å²) in [6.45, 7) is 8.47. The molecular weight excluding hydrogens is 280 g/mol. The lowest BCUT2D eigenvalue weighted by Crippen LogP contribution is -2.41. The van der Waals surface area contributed by atoms with Gasteiger partial charge in [-0.2, -0.15) is 0 Å². The summed E-state index contributed by atoms with van der Waals surface area (Å²) in [6, 6.07) is 5.83. The molecule has 2 amide bonds. The third-order valence-electron chi connectivity index (χ3n) is 4.65. The zero-order chi connectivity index (χ0) is 16.5. The number of hydrogen-bond donors (Lipinski definition) is 2. The van der Waals surface area contributed by atoms with Crippen LogP contribution in [0.2, 0.25) is 0 Å². The Morgan fingerprint density at radius 3 is 2.55 bits per heavy atom. The average Bonchev–Trinajstić information content (AvgIpc) is 2.86. The van der Waals surface area contributed by atoms with Crippen molar-refractivity contribution in [3.8, 4) is 0 Å². The Hall–Kier alpha value is -2.04. The number of hydrogen-bond acceptors (Lipinski definition) is 2. The largest absolute Gasteiger partial charge is 0.481 e. The van der Waals surface area contributed by atoms with Crippen LogP contribution in [0.25, 0.3) is 0 Å². The van der Waals surface area contributed by atoms with Gasteiger partial charge in [0.2, 0.25) is 0 Å². The van der Waals surface area contributed by atoms with Crippen LogP contribution in [-0.4, -0.2) is 35.1 Å². The lowest BCUT2D eigenvalue weighted by Gasteiger charge is -2.23. The summed E-state index contributed by atoms with van der Waals surface area (Å²) in [5.74, 6) is -0.843. The molecule has 2 rings (SSSR count). The fourth-order valence-corrected chi connectivity index (χ4v) is 2.70. The number of rotatable bonds is 3. The zero-order valence-electron chi connectivity index (χ0n) is 13.6. The van der Waals surface area contributed by atoms with Crippen molar-refractivity contribution in [3.63, 3.8) is 0 Å². The Morgan fingerprint density at radius 2 is 2.00 bits per heavy atom. The van der Waals surface area contributed by atoms with Gasteiger partial charge < -0.3 is 15.3 Å². The molecule has 2 atom stereocenters. The minimum Gasteiger partial charge on any atom is -0.481 e. The Balaban J connectivity index is 2.00. The van der Waals surface area contributed by atoms with E-state index in [1.54, 1.807) is 11.8 Å². The first-order valence-corrected chi connectivity index (χ1v) is 7.59. The fourth-order valence-electron chi connectivity index (χ4n) is 2.70. The van der Waals surface area contributed by atoms with Gasteiger partial charge in [-0.15, -0.1) is 0 Å². The van der Waals surface area contributed by atoms with Crippen LogP contribution in [-0.2, 0) is 4.79 Å². The Morgan fingerprint density at radius 1 is 1.32 bits per heavy atom. The van der Waals surface area contributed by atoms with Gasteiger partial charge in [-0.3, -0.25) is 4.79 Å². The third kappa shape index (κ3) is 3.24. The molecular formula is C17H24N2O3. The quantitative estimate of drug-likeness (QED) is 0.902. The summed E-state index contributed by atoms with van der Waals surface area (Å²) in [6.07, 6.45) is 0.494. The van der Waals surface area contributed by atoms with Crippen LogP contribution in [0, 0.1) is 19.3 Å². The Bertz CT molecular complexity index is 600. The van der Waals surface area contributed by atoms with E-state index >= 15 is 0 Å². The molecule has 0 aromatic heterocycles. The average molecular weight is 304 g/mol. The predicted octanol–water partition coefficient (Wildman–Crippen LogP) is 2.87. The molecule has 1 heterocycles. The molecule has 1 aliphatic heterocycles. The zero-order valence-corrected chi connectivity index (χ0v) is 13.6. The smallest absolute Gasteiger partial charge is 0.317 e. The second-order valence-corrected chi connectivity index (χ2v) is 6.55. The minimum absolute atomic E-state index is 0.108. The van der Waals surface area contributed by atoms with E-state index in [4.69, 9.17) is 0 Å². The van der Waals surface area contributed by atoms with Crippen molar-refractivity contribution in [1.82, 2.24) is 10.2 Å². The minimum atomic E-state index is -0.843. The molecule has 2 N–H and O–H groups in total. The lowest BCUT2D eigenvalue weighted by molar-refractivity contribution is -0.146. The highest BCUT2D eigenvalue weighted by Crippen LogP contribution is 2.30. The number of carboxylic acid groups (broad SMARTS) is 1. The normalized spacial score (nSPS) is 22.5. The highest BCUT2D eigenvalue weighted by molar-refractivity contribution is 5.79. The van der Waals surface area contributed by atoms with Crippen LogP contribution in [0.15, 0.2) is 18.2 Å². The molecule has 0 spiro atoms. The van der Waals surface area contributed by atoms with Crippen LogP contribution in [0.5, 0.6) is 0 Å². The van der Waals surface area contributed by atoms with Crippen molar-refractivity contribution in [2.24, 2.45) is 5.41 Å². The van der Waals surface area contributed by atoms with Crippen molar-refractivity contribution in [1.29, 1.82) is 0 Å². The maximum atomic E-state index is 12.3. The number of nitrogens with zero attached hydrogens (tertiary/aromatic N) is 1. The van der Waals surface area contributed by atoms with Gasteiger partial charge in [0.25, 0.3) is 0 Å². The molecule has 5 heteroatoms. The summed E-state index contributed by atoms with van der Waals surface area (Å²) >= 11 is 0. The van der Waals surface area contributed by atoms with Gasteiger partial charge in [-0.25, -0.2) is 4.79 Å². The van der Waals surface area contributed by atoms with Crippen molar-refractivity contribution < 1.29 is 14.7 Å². The first-order valence-electron chi connectivity index (χ1n) is 7.59. The molecule has 1 aromatic carbocycles. The maximum Gasteiger partial charge on any atom is 0.317 e. The number of carboxylic acids is 1. The number of aryl methyl sites for hydroxylation is 2. The van der Waals surface area contributed by atoms with E-state index in [0.29, 0.717) is 13.0 Å². The fraction of sp³-hybridized carbons (Fsp3) is 0.529. The van der Waals surface area contributed by atoms with Crippen LogP contribution in [0.3, 0.4) is 0 Å². The first-order chi connectivity index (χ1) is 10.2. The SMILES string of the molecule is Cc1ccc(C(C)NC(=O)N2CCC(C)(C(=O)O)C2)cc1C. The number of carbonyl (C=O) groups excluding carboxylic acids is 1. The number of nitrogens with one attached hydrogen (secondary N) is 1. The van der Waals surface area contributed by atoms with E-state index in [1.165, 1.54) is 11.1 Å². The first kappa shape index (κ1) is 16.3. The van der Waals surface area contributed by atoms with Crippen LogP contribution in [0.4, 0.5) is 4.79 Å². The number of amides is 2. The summed E-state index contributed by atoms with van der Waals surface area (Å²) in [5.41, 5.74) is 2.63. The van der Waals surface area contributed by atoms with Gasteiger partial charge in [-0.05, 0) is 50.8 Å². The molecule has 120 valence electrons. The monoisotopic (exact) mass is 304 g/mol. The molecule has 0 saturated carbocycles. The Labute approximate surface area is 131 Å². The van der Waals surface area contributed by atoms with Gasteiger partial charge in [0.05, 0.1) is 11.5 Å². The van der Waals surface area contributed by atoms with E-state index in [-0.39, 0.29) is 18.6 Å². The van der Waals surface area contributed by atoms with Gasteiger partial charge >= 0.3 is 12.0 Å². The van der Waals surface area contributed by atoms with E-state index in [1.807, 2.05) is 26.0 Å². The topological polar surface area (TPSA) is 69.6 Å². The molecule has 1 saturated heterocycles. The highest BCUT2D eigenvalue weighted by atomic mass is 16.4. The predicted molar refractivity (Wildman–Crippen MR) is 84.8 cm³/mol. The van der Waals surface area contributed by atoms with E-state index in [9.17, 15) is 14.7 Å². The second kappa shape index (κ2) is 5.99. The third-order valence-corrected chi connectivity index (χ3v) is 4.65. The number of benzene rings is 1. The molecule has 1 fully saturated rings. The highest BCUT2D eigenvalue weighted by Gasteiger charge is 2.42. The molecule has 5 nitrogen and oxygen atoms in total. The lowest BCUT2D eigenvalue weighted by atomic mass is 9.90. The van der Waals surface area contributed by atoms with Gasteiger partial charge in [-0.1, -0.05) is 18.2 Å². The van der Waals surface area contributed by atoms with Crippen molar-refractivity contribution in [2.45, 2.75) is 40.2 Å². The number of carbonyl (C=O) groups is 2. The van der Waals surface area contributed by atoms with Crippen molar-refractivity contribution in [2.75, 3.05) is 13.1 Å². The molecule has 1 aliphatic rings. The molecule has 0 aliphatic carbocycles. The molecule has 0 radical (unpaired) electrons. The van der Waals surface area contributed by atoms with E-state index < -0.39 is 11.4 Å².